The van der Waals surface area contributed by atoms with Crippen LogP contribution in [-0.2, 0) is 0 Å². The van der Waals surface area contributed by atoms with Gasteiger partial charge in [-0.15, -0.1) is 0 Å². The van der Waals surface area contributed by atoms with Gasteiger partial charge in [0.25, 0.3) is 0 Å². The Morgan fingerprint density at radius 3 is 2.04 bits per heavy atom. The molecule has 0 aliphatic carbocycles. The first-order chi connectivity index (χ1) is 13.0. The van der Waals surface area contributed by atoms with Gasteiger partial charge in [-0.1, -0.05) is 79.2 Å². The summed E-state index contributed by atoms with van der Waals surface area (Å²) in [6.07, 6.45) is 0.786. The van der Waals surface area contributed by atoms with Crippen LogP contribution in [0, 0.1) is 0 Å². The van der Waals surface area contributed by atoms with E-state index in [-0.39, 0.29) is 22.4 Å². The molecule has 0 aliphatic rings. The quantitative estimate of drug-likeness (QED) is 0.545. The summed E-state index contributed by atoms with van der Waals surface area (Å²) in [5, 5.41) is 19.5. The molecular formula is C23H21ClO3. The maximum atomic E-state index is 11.5. The van der Waals surface area contributed by atoms with Gasteiger partial charge >= 0.3 is 5.97 Å². The minimum absolute atomic E-state index is 0.0439. The van der Waals surface area contributed by atoms with Gasteiger partial charge in [-0.25, -0.2) is 4.79 Å². The van der Waals surface area contributed by atoms with Crippen LogP contribution in [0.5, 0.6) is 5.75 Å². The molecular weight excluding hydrogens is 360 g/mol. The van der Waals surface area contributed by atoms with Crippen molar-refractivity contribution in [2.75, 3.05) is 0 Å². The molecule has 0 bridgehead atoms. The molecule has 0 amide bonds. The van der Waals surface area contributed by atoms with E-state index >= 15 is 0 Å². The highest BCUT2D eigenvalue weighted by molar-refractivity contribution is 6.32. The van der Waals surface area contributed by atoms with E-state index in [2.05, 4.69) is 19.1 Å². The van der Waals surface area contributed by atoms with Crippen LogP contribution in [0.25, 0.3) is 0 Å². The van der Waals surface area contributed by atoms with E-state index in [1.54, 1.807) is 6.07 Å². The molecule has 3 aromatic rings. The molecule has 0 radical (unpaired) electrons. The van der Waals surface area contributed by atoms with E-state index in [1.165, 1.54) is 11.6 Å². The number of benzene rings is 3. The molecule has 2 atom stereocenters. The molecule has 0 saturated carbocycles. The third kappa shape index (κ3) is 4.32. The summed E-state index contributed by atoms with van der Waals surface area (Å²) in [5.74, 6) is -1.37. The fourth-order valence-electron chi connectivity index (χ4n) is 3.41. The predicted molar refractivity (Wildman–Crippen MR) is 108 cm³/mol. The summed E-state index contributed by atoms with van der Waals surface area (Å²) in [7, 11) is 0. The summed E-state index contributed by atoms with van der Waals surface area (Å²) in [6, 6.07) is 23.4. The topological polar surface area (TPSA) is 57.5 Å². The fraction of sp³-hybridized carbons (Fsp3) is 0.174. The van der Waals surface area contributed by atoms with Crippen LogP contribution in [0.15, 0.2) is 72.8 Å². The SMILES string of the molecule is CC(CC(c1ccccc1)c1cc(Cl)c(O)c(C(=O)O)c1)c1ccccc1. The highest BCUT2D eigenvalue weighted by Gasteiger charge is 2.23. The Balaban J connectivity index is 2.05. The second-order valence-electron chi connectivity index (χ2n) is 6.71. The van der Waals surface area contributed by atoms with Gasteiger partial charge in [0, 0.05) is 5.92 Å². The van der Waals surface area contributed by atoms with Gasteiger partial charge in [0.1, 0.15) is 11.3 Å². The summed E-state index contributed by atoms with van der Waals surface area (Å²) in [5.41, 5.74) is 2.91. The molecule has 2 N–H and O–H groups in total. The van der Waals surface area contributed by atoms with Crippen molar-refractivity contribution in [3.8, 4) is 5.75 Å². The zero-order valence-electron chi connectivity index (χ0n) is 15.0. The molecule has 0 fully saturated rings. The normalized spacial score (nSPS) is 13.1. The summed E-state index contributed by atoms with van der Waals surface area (Å²) >= 11 is 6.13. The monoisotopic (exact) mass is 380 g/mol. The first kappa shape index (κ1) is 19.0. The van der Waals surface area contributed by atoms with Crippen molar-refractivity contribution in [3.63, 3.8) is 0 Å². The van der Waals surface area contributed by atoms with E-state index < -0.39 is 11.7 Å². The van der Waals surface area contributed by atoms with Crippen molar-refractivity contribution in [3.05, 3.63) is 100 Å². The molecule has 0 saturated heterocycles. The summed E-state index contributed by atoms with van der Waals surface area (Å²) < 4.78 is 0. The van der Waals surface area contributed by atoms with Gasteiger partial charge in [-0.3, -0.25) is 0 Å². The second-order valence-corrected chi connectivity index (χ2v) is 7.12. The van der Waals surface area contributed by atoms with Crippen LogP contribution < -0.4 is 0 Å². The largest absolute Gasteiger partial charge is 0.505 e. The Bertz CT molecular complexity index is 923. The van der Waals surface area contributed by atoms with Crippen molar-refractivity contribution in [1.82, 2.24) is 0 Å². The van der Waals surface area contributed by atoms with Crippen LogP contribution in [0.1, 0.15) is 52.2 Å². The Morgan fingerprint density at radius 1 is 0.926 bits per heavy atom. The molecule has 0 aromatic heterocycles. The summed E-state index contributed by atoms with van der Waals surface area (Å²) in [4.78, 5) is 11.5. The van der Waals surface area contributed by atoms with Gasteiger partial charge in [-0.05, 0) is 41.2 Å². The van der Waals surface area contributed by atoms with Gasteiger partial charge in [0.2, 0.25) is 0 Å². The highest BCUT2D eigenvalue weighted by atomic mass is 35.5. The number of carbonyl (C=O) groups is 1. The van der Waals surface area contributed by atoms with Crippen molar-refractivity contribution in [1.29, 1.82) is 0 Å². The molecule has 2 unspecified atom stereocenters. The minimum Gasteiger partial charge on any atom is -0.505 e. The number of aromatic hydroxyl groups is 1. The Hall–Kier alpha value is -2.78. The van der Waals surface area contributed by atoms with Crippen molar-refractivity contribution in [2.45, 2.75) is 25.2 Å². The number of halogens is 1. The number of carboxylic acid groups (broad SMARTS) is 1. The number of hydrogen-bond donors (Lipinski definition) is 2. The first-order valence-electron chi connectivity index (χ1n) is 8.83. The molecule has 3 nitrogen and oxygen atoms in total. The molecule has 0 spiro atoms. The lowest BCUT2D eigenvalue weighted by Crippen LogP contribution is -2.08. The maximum absolute atomic E-state index is 11.5. The zero-order valence-corrected chi connectivity index (χ0v) is 15.7. The van der Waals surface area contributed by atoms with Gasteiger partial charge in [-0.2, -0.15) is 0 Å². The van der Waals surface area contributed by atoms with Crippen LogP contribution in [0.4, 0.5) is 0 Å². The Labute approximate surface area is 163 Å². The van der Waals surface area contributed by atoms with Gasteiger partial charge in [0.05, 0.1) is 5.02 Å². The minimum atomic E-state index is -1.20. The molecule has 0 heterocycles. The average molecular weight is 381 g/mol. The van der Waals surface area contributed by atoms with E-state index in [9.17, 15) is 15.0 Å². The summed E-state index contributed by atoms with van der Waals surface area (Å²) in [6.45, 7) is 2.16. The van der Waals surface area contributed by atoms with E-state index in [0.717, 1.165) is 17.5 Å². The lowest BCUT2D eigenvalue weighted by molar-refractivity contribution is 0.0693. The molecule has 4 heteroatoms. The van der Waals surface area contributed by atoms with Crippen LogP contribution in [-0.4, -0.2) is 16.2 Å². The lowest BCUT2D eigenvalue weighted by Gasteiger charge is -2.23. The third-order valence-electron chi connectivity index (χ3n) is 4.88. The van der Waals surface area contributed by atoms with Crippen molar-refractivity contribution in [2.24, 2.45) is 0 Å². The zero-order chi connectivity index (χ0) is 19.4. The Morgan fingerprint density at radius 2 is 1.48 bits per heavy atom. The standard InChI is InChI=1S/C23H21ClO3/c1-15(16-8-4-2-5-9-16)12-19(17-10-6-3-7-11-17)18-13-20(23(26)27)22(25)21(24)14-18/h2-11,13-15,19,25H,12H2,1H3,(H,26,27). The first-order valence-corrected chi connectivity index (χ1v) is 9.20. The molecule has 138 valence electrons. The van der Waals surface area contributed by atoms with E-state index in [0.29, 0.717) is 0 Å². The fourth-order valence-corrected chi connectivity index (χ4v) is 3.63. The number of carboxylic acids is 1. The highest BCUT2D eigenvalue weighted by Crippen LogP contribution is 2.39. The van der Waals surface area contributed by atoms with E-state index in [1.807, 2.05) is 48.5 Å². The number of rotatable bonds is 6. The van der Waals surface area contributed by atoms with Gasteiger partial charge < -0.3 is 10.2 Å². The van der Waals surface area contributed by atoms with Crippen LogP contribution in [0.2, 0.25) is 5.02 Å². The number of aromatic carboxylic acids is 1. The number of hydrogen-bond acceptors (Lipinski definition) is 2. The average Bonchev–Trinajstić information content (AvgIpc) is 2.69. The van der Waals surface area contributed by atoms with E-state index in [4.69, 9.17) is 11.6 Å². The van der Waals surface area contributed by atoms with Crippen LogP contribution >= 0.6 is 11.6 Å². The second kappa shape index (κ2) is 8.28. The number of phenols is 1. The van der Waals surface area contributed by atoms with Gasteiger partial charge in [0.15, 0.2) is 0 Å². The predicted octanol–water partition coefficient (Wildman–Crippen LogP) is 6.07. The Kier molecular flexibility index (Phi) is 5.82. The van der Waals surface area contributed by atoms with Crippen LogP contribution in [0.3, 0.4) is 0 Å². The maximum Gasteiger partial charge on any atom is 0.339 e. The smallest absolute Gasteiger partial charge is 0.339 e. The van der Waals surface area contributed by atoms with Crippen molar-refractivity contribution < 1.29 is 15.0 Å². The lowest BCUT2D eigenvalue weighted by atomic mass is 9.81. The molecule has 3 rings (SSSR count). The molecule has 27 heavy (non-hydrogen) atoms. The molecule has 0 aliphatic heterocycles. The van der Waals surface area contributed by atoms with Crippen molar-refractivity contribution >= 4 is 17.6 Å². The molecule has 3 aromatic carbocycles. The third-order valence-corrected chi connectivity index (χ3v) is 5.17.